The zero-order valence-corrected chi connectivity index (χ0v) is 24.1. The number of nitrogens with zero attached hydrogens (tertiary/aromatic N) is 5. The number of rotatable bonds is 2. The number of hydrogen-bond acceptors (Lipinski definition) is 4. The third-order valence-corrected chi connectivity index (χ3v) is 10.00. The molecular weight excluding hydrogens is 567 g/mol. The first-order valence-electron chi connectivity index (χ1n) is 13.1. The Morgan fingerprint density at radius 3 is 1.51 bits per heavy atom. The lowest BCUT2D eigenvalue weighted by Crippen LogP contribution is -1.93. The molecule has 0 bridgehead atoms. The molecule has 7 heteroatoms. The van der Waals surface area contributed by atoms with Crippen LogP contribution in [0.5, 0.6) is 0 Å². The van der Waals surface area contributed by atoms with Crippen LogP contribution < -0.4 is 0 Å². The SMILES string of the molecule is [C-]#[N+]c1cc(C#N)c(-c2c3sc4ccccc4c3c(-c3c([N+]#[C-])cc(C)cc3[N+]#[C-])c3sc4ccccc4c23)c(C#N)c1. The topological polar surface area (TPSA) is 60.7 Å². The van der Waals surface area contributed by atoms with Crippen LogP contribution in [0.3, 0.4) is 0 Å². The van der Waals surface area contributed by atoms with Gasteiger partial charge in [0.25, 0.3) is 0 Å². The van der Waals surface area contributed by atoms with E-state index in [4.69, 9.17) is 19.7 Å². The van der Waals surface area contributed by atoms with Crippen LogP contribution in [-0.2, 0) is 0 Å². The molecule has 43 heavy (non-hydrogen) atoms. The van der Waals surface area contributed by atoms with Crippen LogP contribution in [0.15, 0.2) is 72.8 Å². The highest BCUT2D eigenvalue weighted by Gasteiger charge is 2.28. The smallest absolute Gasteiger partial charge is 0.189 e. The molecule has 2 aromatic heterocycles. The van der Waals surface area contributed by atoms with Crippen LogP contribution in [0.25, 0.3) is 77.1 Å². The molecule has 5 nitrogen and oxygen atoms in total. The van der Waals surface area contributed by atoms with Gasteiger partial charge in [-0.15, -0.1) is 22.7 Å². The quantitative estimate of drug-likeness (QED) is 0.191. The molecule has 0 amide bonds. The lowest BCUT2D eigenvalue weighted by Gasteiger charge is -2.17. The number of nitriles is 2. The van der Waals surface area contributed by atoms with Crippen molar-refractivity contribution in [1.29, 1.82) is 10.5 Å². The highest BCUT2D eigenvalue weighted by Crippen LogP contribution is 2.57. The van der Waals surface area contributed by atoms with E-state index in [1.807, 2.05) is 67.6 Å². The van der Waals surface area contributed by atoms with E-state index < -0.39 is 0 Å². The number of fused-ring (bicyclic) bond motifs is 6. The van der Waals surface area contributed by atoms with Gasteiger partial charge in [0, 0.05) is 51.5 Å². The molecule has 0 aliphatic rings. The first kappa shape index (κ1) is 25.9. The molecule has 0 aliphatic heterocycles. The summed E-state index contributed by atoms with van der Waals surface area (Å²) in [6.07, 6.45) is 0. The van der Waals surface area contributed by atoms with Crippen LogP contribution >= 0.6 is 22.7 Å². The lowest BCUT2D eigenvalue weighted by atomic mass is 9.86. The number of hydrogen-bond donors (Lipinski definition) is 0. The Morgan fingerprint density at radius 1 is 0.605 bits per heavy atom. The van der Waals surface area contributed by atoms with Gasteiger partial charge in [-0.25, -0.2) is 14.5 Å². The van der Waals surface area contributed by atoms with Crippen molar-refractivity contribution in [2.24, 2.45) is 0 Å². The number of benzene rings is 5. The van der Waals surface area contributed by atoms with E-state index in [0.29, 0.717) is 22.5 Å². The van der Waals surface area contributed by atoms with Crippen LogP contribution in [-0.4, -0.2) is 0 Å². The zero-order chi connectivity index (χ0) is 29.8. The van der Waals surface area contributed by atoms with Crippen molar-refractivity contribution in [1.82, 2.24) is 0 Å². The molecule has 0 spiro atoms. The van der Waals surface area contributed by atoms with E-state index >= 15 is 0 Å². The molecule has 196 valence electrons. The summed E-state index contributed by atoms with van der Waals surface area (Å²) in [6.45, 7) is 25.7. The molecule has 7 aromatic rings. The summed E-state index contributed by atoms with van der Waals surface area (Å²) < 4.78 is 3.77. The second-order valence-electron chi connectivity index (χ2n) is 10.0. The third-order valence-electron chi connectivity index (χ3n) is 7.62. The summed E-state index contributed by atoms with van der Waals surface area (Å²) in [5, 5.41) is 24.4. The van der Waals surface area contributed by atoms with Gasteiger partial charge in [-0.05, 0) is 42.3 Å². The van der Waals surface area contributed by atoms with Gasteiger partial charge in [-0.3, -0.25) is 0 Å². The molecule has 0 saturated heterocycles. The van der Waals surface area contributed by atoms with Crippen molar-refractivity contribution >= 4 is 80.1 Å². The summed E-state index contributed by atoms with van der Waals surface area (Å²) in [5.41, 5.74) is 5.07. The fraction of sp³-hybridized carbons (Fsp3) is 0.0278. The molecular formula is C36H15N5S2. The summed E-state index contributed by atoms with van der Waals surface area (Å²) >= 11 is 3.15. The molecule has 0 N–H and O–H groups in total. The van der Waals surface area contributed by atoms with Gasteiger partial charge in [-0.1, -0.05) is 54.1 Å². The average Bonchev–Trinajstić information content (AvgIpc) is 3.62. The second kappa shape index (κ2) is 9.82. The van der Waals surface area contributed by atoms with E-state index in [-0.39, 0.29) is 16.8 Å². The van der Waals surface area contributed by atoms with Crippen LogP contribution in [0.4, 0.5) is 17.1 Å². The van der Waals surface area contributed by atoms with Crippen LogP contribution in [0, 0.1) is 49.3 Å². The fourth-order valence-electron chi connectivity index (χ4n) is 5.96. The maximum absolute atomic E-state index is 10.3. The van der Waals surface area contributed by atoms with Crippen LogP contribution in [0.1, 0.15) is 16.7 Å². The normalized spacial score (nSPS) is 10.8. The second-order valence-corrected chi connectivity index (χ2v) is 12.1. The number of aryl methyl sites for hydroxylation is 1. The van der Waals surface area contributed by atoms with E-state index in [1.165, 1.54) is 0 Å². The van der Waals surface area contributed by atoms with Gasteiger partial charge in [0.15, 0.2) is 17.1 Å². The molecule has 7 rings (SSSR count). The Labute approximate surface area is 254 Å². The van der Waals surface area contributed by atoms with Gasteiger partial charge in [-0.2, -0.15) is 10.5 Å². The molecule has 0 unspecified atom stereocenters. The number of thiophene rings is 2. The van der Waals surface area contributed by atoms with Gasteiger partial charge >= 0.3 is 0 Å². The maximum atomic E-state index is 10.3. The van der Waals surface area contributed by atoms with E-state index in [1.54, 1.807) is 34.8 Å². The van der Waals surface area contributed by atoms with Crippen molar-refractivity contribution < 1.29 is 0 Å². The van der Waals surface area contributed by atoms with Gasteiger partial charge in [0.05, 0.1) is 43.0 Å². The maximum Gasteiger partial charge on any atom is 0.189 e. The van der Waals surface area contributed by atoms with Gasteiger partial charge in [0.1, 0.15) is 0 Å². The Morgan fingerprint density at radius 2 is 1.07 bits per heavy atom. The highest BCUT2D eigenvalue weighted by molar-refractivity contribution is 7.28. The minimum absolute atomic E-state index is 0.232. The molecule has 0 saturated carbocycles. The van der Waals surface area contributed by atoms with Gasteiger partial charge in [0.2, 0.25) is 0 Å². The van der Waals surface area contributed by atoms with Crippen molar-refractivity contribution in [3.8, 4) is 34.4 Å². The molecule has 0 atom stereocenters. The standard InChI is InChI=1S/C36H15N5S2/c1-19-13-25(40-3)32(26(14-19)41-4)34-31-24-10-6-8-12-28(24)42-35(31)33(30-23-9-5-7-11-27(23)43-36(30)34)29-20(17-37)15-22(39-2)16-21(29)18-38/h5-16H,1H3. The van der Waals surface area contributed by atoms with E-state index in [0.717, 1.165) is 57.0 Å². The Balaban J connectivity index is 1.86. The molecule has 5 aromatic carbocycles. The predicted octanol–water partition coefficient (Wildman–Crippen LogP) is 11.5. The Hall–Kier alpha value is -6.01. The largest absolute Gasteiger partial charge is 0.239 e. The minimum Gasteiger partial charge on any atom is -0.239 e. The van der Waals surface area contributed by atoms with Crippen molar-refractivity contribution in [3.63, 3.8) is 0 Å². The predicted molar refractivity (Wildman–Crippen MR) is 176 cm³/mol. The minimum atomic E-state index is 0.232. The average molecular weight is 582 g/mol. The van der Waals surface area contributed by atoms with E-state index in [2.05, 4.69) is 26.7 Å². The Bertz CT molecular complexity index is 2510. The molecule has 0 aliphatic carbocycles. The molecule has 0 radical (unpaired) electrons. The van der Waals surface area contributed by atoms with Crippen molar-refractivity contribution in [2.45, 2.75) is 6.92 Å². The summed E-state index contributed by atoms with van der Waals surface area (Å²) in [6, 6.07) is 27.3. The Kier molecular flexibility index (Phi) is 5.92. The summed E-state index contributed by atoms with van der Waals surface area (Å²) in [5.74, 6) is 0. The zero-order valence-electron chi connectivity index (χ0n) is 22.5. The third kappa shape index (κ3) is 3.70. The molecule has 0 fully saturated rings. The first-order chi connectivity index (χ1) is 21.0. The van der Waals surface area contributed by atoms with Crippen LogP contribution in [0.2, 0.25) is 0 Å². The summed E-state index contributed by atoms with van der Waals surface area (Å²) in [7, 11) is 0. The van der Waals surface area contributed by atoms with E-state index in [9.17, 15) is 10.5 Å². The monoisotopic (exact) mass is 581 g/mol. The summed E-state index contributed by atoms with van der Waals surface area (Å²) in [4.78, 5) is 11.3. The van der Waals surface area contributed by atoms with Crippen molar-refractivity contribution in [3.05, 3.63) is 124 Å². The first-order valence-corrected chi connectivity index (χ1v) is 14.7. The lowest BCUT2D eigenvalue weighted by molar-refractivity contribution is 1.45. The van der Waals surface area contributed by atoms with Gasteiger partial charge < -0.3 is 0 Å². The molecule has 2 heterocycles. The van der Waals surface area contributed by atoms with Crippen molar-refractivity contribution in [2.75, 3.05) is 0 Å². The fourth-order valence-corrected chi connectivity index (χ4v) is 8.50. The highest BCUT2D eigenvalue weighted by atomic mass is 32.1.